The molecule has 0 N–H and O–H groups in total. The Bertz CT molecular complexity index is 1920. The highest BCUT2D eigenvalue weighted by molar-refractivity contribution is 8.27. The number of benzene rings is 3. The number of rotatable bonds is 7. The summed E-state index contributed by atoms with van der Waals surface area (Å²) >= 11 is 6.85. The molecule has 43 heavy (non-hydrogen) atoms. The predicted octanol–water partition coefficient (Wildman–Crippen LogP) is 6.53. The maximum absolute atomic E-state index is 13.9. The van der Waals surface area contributed by atoms with Gasteiger partial charge in [-0.2, -0.15) is 5.10 Å². The summed E-state index contributed by atoms with van der Waals surface area (Å²) in [6, 6.07) is 26.8. The molecule has 10 heteroatoms. The first-order chi connectivity index (χ1) is 20.7. The van der Waals surface area contributed by atoms with E-state index in [1.54, 1.807) is 27.2 Å². The second-order valence-electron chi connectivity index (χ2n) is 10.3. The zero-order valence-electron chi connectivity index (χ0n) is 24.1. The van der Waals surface area contributed by atoms with Crippen molar-refractivity contribution < 1.29 is 9.53 Å². The third kappa shape index (κ3) is 5.35. The Morgan fingerprint density at radius 3 is 2.16 bits per heavy atom. The average molecular weight is 608 g/mol. The van der Waals surface area contributed by atoms with Crippen molar-refractivity contribution in [3.63, 3.8) is 0 Å². The highest BCUT2D eigenvalue weighted by Crippen LogP contribution is 2.38. The SMILES string of the molecule is Cc1c(N2C(=O)/C(=C\c3cn(-c4ccccc4)nc3-c3ccc(OC(C)C)cc3)SC2=S)c(=O)n(-c2ccccc2)n1C. The second kappa shape index (κ2) is 11.5. The van der Waals surface area contributed by atoms with E-state index in [2.05, 4.69) is 0 Å². The van der Waals surface area contributed by atoms with Crippen molar-refractivity contribution in [3.8, 4) is 28.4 Å². The molecule has 3 heterocycles. The molecule has 0 bridgehead atoms. The van der Waals surface area contributed by atoms with Crippen LogP contribution < -0.4 is 15.2 Å². The number of carbonyl (C=O) groups excluding carboxylic acids is 1. The molecule has 1 aliphatic rings. The van der Waals surface area contributed by atoms with E-state index in [0.717, 1.165) is 22.6 Å². The van der Waals surface area contributed by atoms with E-state index in [1.165, 1.54) is 16.7 Å². The van der Waals surface area contributed by atoms with Gasteiger partial charge in [-0.3, -0.25) is 19.2 Å². The minimum Gasteiger partial charge on any atom is -0.491 e. The first kappa shape index (κ1) is 28.4. The summed E-state index contributed by atoms with van der Waals surface area (Å²) in [4.78, 5) is 29.3. The Morgan fingerprint density at radius 2 is 1.53 bits per heavy atom. The minimum absolute atomic E-state index is 0.0608. The molecule has 6 rings (SSSR count). The molecule has 0 saturated carbocycles. The number of carbonyl (C=O) groups is 1. The van der Waals surface area contributed by atoms with E-state index in [4.69, 9.17) is 22.1 Å². The second-order valence-corrected chi connectivity index (χ2v) is 12.0. The largest absolute Gasteiger partial charge is 0.491 e. The number of hydrogen-bond donors (Lipinski definition) is 0. The number of thiocarbonyl (C=S) groups is 1. The molecule has 5 aromatic rings. The number of para-hydroxylation sites is 2. The Balaban J connectivity index is 1.41. The molecule has 1 amide bonds. The Hall–Kier alpha value is -4.67. The van der Waals surface area contributed by atoms with Crippen molar-refractivity contribution in [2.75, 3.05) is 4.90 Å². The van der Waals surface area contributed by atoms with Gasteiger partial charge < -0.3 is 4.74 Å². The fourth-order valence-corrected chi connectivity index (χ4v) is 6.27. The van der Waals surface area contributed by atoms with E-state index < -0.39 is 0 Å². The molecular formula is C33H29N5O3S2. The van der Waals surface area contributed by atoms with E-state index in [1.807, 2.05) is 112 Å². The van der Waals surface area contributed by atoms with Crippen LogP contribution in [0.4, 0.5) is 5.69 Å². The molecule has 8 nitrogen and oxygen atoms in total. The summed E-state index contributed by atoms with van der Waals surface area (Å²) in [6.07, 6.45) is 3.75. The highest BCUT2D eigenvalue weighted by Gasteiger charge is 2.38. The van der Waals surface area contributed by atoms with Crippen LogP contribution in [0.2, 0.25) is 0 Å². The van der Waals surface area contributed by atoms with Gasteiger partial charge in [-0.05, 0) is 75.4 Å². The maximum atomic E-state index is 13.9. The Morgan fingerprint density at radius 1 is 0.907 bits per heavy atom. The van der Waals surface area contributed by atoms with Gasteiger partial charge >= 0.3 is 0 Å². The summed E-state index contributed by atoms with van der Waals surface area (Å²) in [5.74, 6) is 0.420. The molecule has 1 fully saturated rings. The lowest BCUT2D eigenvalue weighted by atomic mass is 10.1. The predicted molar refractivity (Wildman–Crippen MR) is 176 cm³/mol. The van der Waals surface area contributed by atoms with Gasteiger partial charge in [-0.25, -0.2) is 9.36 Å². The van der Waals surface area contributed by atoms with Crippen molar-refractivity contribution in [2.45, 2.75) is 26.9 Å². The van der Waals surface area contributed by atoms with Crippen LogP contribution in [0.15, 0.2) is 101 Å². The standard InChI is InChI=1S/C33H29N5O3S2/c1-21(2)41-27-17-15-23(16-18-27)29-24(20-36(34-29)25-11-7-5-8-12-25)19-28-31(39)37(33(42)43-28)30-22(3)35(4)38(32(30)40)26-13-9-6-10-14-26/h5-21H,1-4H3/b28-19+. The van der Waals surface area contributed by atoms with Crippen LogP contribution in [-0.4, -0.2) is 35.5 Å². The van der Waals surface area contributed by atoms with E-state index in [9.17, 15) is 9.59 Å². The number of thioether (sulfide) groups is 1. The molecule has 2 aromatic heterocycles. The molecule has 0 unspecified atom stereocenters. The van der Waals surface area contributed by atoms with Crippen LogP contribution in [0.25, 0.3) is 28.7 Å². The molecular weight excluding hydrogens is 579 g/mol. The maximum Gasteiger partial charge on any atom is 0.296 e. The monoisotopic (exact) mass is 607 g/mol. The summed E-state index contributed by atoms with van der Waals surface area (Å²) < 4.78 is 11.2. The topological polar surface area (TPSA) is 74.3 Å². The van der Waals surface area contributed by atoms with Crippen molar-refractivity contribution in [1.82, 2.24) is 19.1 Å². The normalized spacial score (nSPS) is 14.3. The smallest absolute Gasteiger partial charge is 0.296 e. The van der Waals surface area contributed by atoms with Gasteiger partial charge in [0.15, 0.2) is 4.32 Å². The molecule has 0 aliphatic carbocycles. The van der Waals surface area contributed by atoms with E-state index in [0.29, 0.717) is 26.3 Å². The van der Waals surface area contributed by atoms with Crippen LogP contribution in [0.3, 0.4) is 0 Å². The van der Waals surface area contributed by atoms with Crippen LogP contribution in [0, 0.1) is 6.92 Å². The van der Waals surface area contributed by atoms with E-state index >= 15 is 0 Å². The average Bonchev–Trinajstić information content (AvgIpc) is 3.61. The van der Waals surface area contributed by atoms with Gasteiger partial charge in [0.1, 0.15) is 11.4 Å². The fourth-order valence-electron chi connectivity index (χ4n) is 5.01. The van der Waals surface area contributed by atoms with E-state index in [-0.39, 0.29) is 23.3 Å². The zero-order chi connectivity index (χ0) is 30.2. The van der Waals surface area contributed by atoms with Gasteiger partial charge in [0, 0.05) is 24.4 Å². The molecule has 216 valence electrons. The van der Waals surface area contributed by atoms with Gasteiger partial charge in [-0.1, -0.05) is 60.4 Å². The van der Waals surface area contributed by atoms with Crippen molar-refractivity contribution in [3.05, 3.63) is 118 Å². The van der Waals surface area contributed by atoms with Crippen LogP contribution in [0.1, 0.15) is 25.1 Å². The highest BCUT2D eigenvalue weighted by atomic mass is 32.2. The fraction of sp³-hybridized carbons (Fsp3) is 0.152. The lowest BCUT2D eigenvalue weighted by molar-refractivity contribution is -0.113. The van der Waals surface area contributed by atoms with Crippen LogP contribution in [0.5, 0.6) is 5.75 Å². The first-order valence-electron chi connectivity index (χ1n) is 13.8. The molecule has 0 atom stereocenters. The first-order valence-corrected chi connectivity index (χ1v) is 15.0. The third-order valence-corrected chi connectivity index (χ3v) is 8.39. The molecule has 0 radical (unpaired) electrons. The molecule has 0 spiro atoms. The van der Waals surface area contributed by atoms with Crippen molar-refractivity contribution in [2.24, 2.45) is 7.05 Å². The summed E-state index contributed by atoms with van der Waals surface area (Å²) in [5.41, 5.74) is 4.47. The molecule has 1 aliphatic heterocycles. The number of nitrogens with zero attached hydrogens (tertiary/aromatic N) is 5. The van der Waals surface area contributed by atoms with Crippen molar-refractivity contribution >= 4 is 46.0 Å². The number of ether oxygens (including phenoxy) is 1. The number of amides is 1. The van der Waals surface area contributed by atoms with Gasteiger partial charge in [0.25, 0.3) is 11.5 Å². The van der Waals surface area contributed by atoms with Crippen LogP contribution in [-0.2, 0) is 11.8 Å². The van der Waals surface area contributed by atoms with Gasteiger partial charge in [0.2, 0.25) is 0 Å². The quantitative estimate of drug-likeness (QED) is 0.155. The molecule has 3 aromatic carbocycles. The Kier molecular flexibility index (Phi) is 7.64. The summed E-state index contributed by atoms with van der Waals surface area (Å²) in [6.45, 7) is 5.78. The molecule has 1 saturated heterocycles. The summed E-state index contributed by atoms with van der Waals surface area (Å²) in [7, 11) is 1.79. The third-order valence-electron chi connectivity index (χ3n) is 7.09. The Labute approximate surface area is 258 Å². The minimum atomic E-state index is -0.347. The van der Waals surface area contributed by atoms with Crippen LogP contribution >= 0.6 is 24.0 Å². The van der Waals surface area contributed by atoms with Gasteiger partial charge in [0.05, 0.1) is 33.8 Å². The van der Waals surface area contributed by atoms with Crippen molar-refractivity contribution in [1.29, 1.82) is 0 Å². The zero-order valence-corrected chi connectivity index (χ0v) is 25.7. The lowest BCUT2D eigenvalue weighted by Crippen LogP contribution is -2.33. The van der Waals surface area contributed by atoms with Gasteiger partial charge in [-0.15, -0.1) is 0 Å². The summed E-state index contributed by atoms with van der Waals surface area (Å²) in [5, 5.41) is 4.89. The number of hydrogen-bond acceptors (Lipinski definition) is 6. The number of anilines is 1. The number of aromatic nitrogens is 4. The lowest BCUT2D eigenvalue weighted by Gasteiger charge is -2.12.